The molecule has 0 unspecified atom stereocenters. The monoisotopic (exact) mass is 346 g/mol. The third kappa shape index (κ3) is 4.39. The summed E-state index contributed by atoms with van der Waals surface area (Å²) in [6, 6.07) is 5.89. The highest BCUT2D eigenvalue weighted by Gasteiger charge is 2.46. The predicted octanol–water partition coefficient (Wildman–Crippen LogP) is 3.04. The summed E-state index contributed by atoms with van der Waals surface area (Å²) in [5.41, 5.74) is 0.933. The number of carbonyl (C=O) groups excluding carboxylic acids is 1. The molecule has 2 aliphatic heterocycles. The van der Waals surface area contributed by atoms with E-state index >= 15 is 0 Å². The van der Waals surface area contributed by atoms with Gasteiger partial charge in [-0.2, -0.15) is 0 Å². The number of ether oxygens (including phenoxy) is 2. The molecule has 2 saturated heterocycles. The predicted molar refractivity (Wildman–Crippen MR) is 96.0 cm³/mol. The van der Waals surface area contributed by atoms with Crippen molar-refractivity contribution in [1.29, 1.82) is 0 Å². The van der Waals surface area contributed by atoms with E-state index in [-0.39, 0.29) is 17.4 Å². The van der Waals surface area contributed by atoms with E-state index < -0.39 is 0 Å². The molecule has 2 fully saturated rings. The van der Waals surface area contributed by atoms with Crippen LogP contribution in [0.2, 0.25) is 0 Å². The maximum Gasteiger partial charge on any atom is 0.225 e. The number of carbonyl (C=O) groups is 1. The van der Waals surface area contributed by atoms with Gasteiger partial charge in [-0.25, -0.2) is 0 Å². The van der Waals surface area contributed by atoms with Crippen LogP contribution in [0.4, 0.5) is 0 Å². The van der Waals surface area contributed by atoms with E-state index in [9.17, 15) is 4.79 Å². The fourth-order valence-corrected chi connectivity index (χ4v) is 4.10. The molecular weight excluding hydrogens is 316 g/mol. The van der Waals surface area contributed by atoms with Gasteiger partial charge in [0.2, 0.25) is 5.91 Å². The molecule has 0 saturated carbocycles. The highest BCUT2D eigenvalue weighted by Crippen LogP contribution is 2.42. The van der Waals surface area contributed by atoms with E-state index in [1.165, 1.54) is 0 Å². The molecule has 3 heterocycles. The molecule has 0 aromatic carbocycles. The zero-order chi connectivity index (χ0) is 17.7. The van der Waals surface area contributed by atoms with Gasteiger partial charge in [0, 0.05) is 38.4 Å². The quantitative estimate of drug-likeness (QED) is 0.743. The lowest BCUT2D eigenvalue weighted by Gasteiger charge is -2.42. The van der Waals surface area contributed by atoms with E-state index in [0.717, 1.165) is 57.7 Å². The summed E-state index contributed by atoms with van der Waals surface area (Å²) in [5, 5.41) is 0. The first-order valence-corrected chi connectivity index (χ1v) is 9.51. The van der Waals surface area contributed by atoms with Crippen LogP contribution in [-0.4, -0.2) is 47.7 Å². The van der Waals surface area contributed by atoms with Crippen LogP contribution in [0, 0.1) is 11.8 Å². The maximum atomic E-state index is 12.2. The molecule has 0 radical (unpaired) electrons. The Morgan fingerprint density at radius 1 is 1.40 bits per heavy atom. The second kappa shape index (κ2) is 8.28. The molecule has 5 nitrogen and oxygen atoms in total. The number of aromatic nitrogens is 1. The van der Waals surface area contributed by atoms with Crippen molar-refractivity contribution in [2.45, 2.75) is 51.7 Å². The first-order valence-electron chi connectivity index (χ1n) is 9.51. The molecule has 2 aliphatic rings. The minimum atomic E-state index is -0.0396. The number of nitrogens with zero attached hydrogens (tertiary/aromatic N) is 2. The van der Waals surface area contributed by atoms with Crippen LogP contribution >= 0.6 is 0 Å². The van der Waals surface area contributed by atoms with Crippen LogP contribution in [0.3, 0.4) is 0 Å². The standard InChI is InChI=1S/C20H30N2O3/c1-16(2)19(23)22-11-8-20(9-12-22)17(7-14-25-20)6-13-24-15-18-5-3-4-10-21-18/h3-5,10,16-17H,6-9,11-15H2,1-2H3/t17-/m1/s1. The van der Waals surface area contributed by atoms with Crippen molar-refractivity contribution >= 4 is 5.91 Å². The summed E-state index contributed by atoms with van der Waals surface area (Å²) >= 11 is 0. The van der Waals surface area contributed by atoms with Gasteiger partial charge in [-0.3, -0.25) is 9.78 Å². The lowest BCUT2D eigenvalue weighted by molar-refractivity contribution is -0.141. The summed E-state index contributed by atoms with van der Waals surface area (Å²) in [7, 11) is 0. The van der Waals surface area contributed by atoms with Crippen LogP contribution in [0.1, 0.15) is 45.2 Å². The highest BCUT2D eigenvalue weighted by molar-refractivity contribution is 5.78. The number of piperidine rings is 1. The molecule has 3 rings (SSSR count). The van der Waals surface area contributed by atoms with Gasteiger partial charge in [0.1, 0.15) is 0 Å². The van der Waals surface area contributed by atoms with E-state index in [1.807, 2.05) is 36.9 Å². The molecular formula is C20H30N2O3. The topological polar surface area (TPSA) is 51.7 Å². The normalized spacial score (nSPS) is 22.7. The lowest BCUT2D eigenvalue weighted by atomic mass is 9.78. The summed E-state index contributed by atoms with van der Waals surface area (Å²) in [4.78, 5) is 18.5. The highest BCUT2D eigenvalue weighted by atomic mass is 16.5. The van der Waals surface area contributed by atoms with Gasteiger partial charge >= 0.3 is 0 Å². The second-order valence-electron chi connectivity index (χ2n) is 7.54. The van der Waals surface area contributed by atoms with Crippen LogP contribution in [0.25, 0.3) is 0 Å². The molecule has 1 amide bonds. The molecule has 1 spiro atoms. The van der Waals surface area contributed by atoms with E-state index in [1.54, 1.807) is 6.20 Å². The third-order valence-electron chi connectivity index (χ3n) is 5.60. The van der Waals surface area contributed by atoms with Crippen molar-refractivity contribution in [3.63, 3.8) is 0 Å². The summed E-state index contributed by atoms with van der Waals surface area (Å²) in [5.74, 6) is 0.880. The maximum absolute atomic E-state index is 12.2. The van der Waals surface area contributed by atoms with Crippen molar-refractivity contribution in [3.8, 4) is 0 Å². The smallest absolute Gasteiger partial charge is 0.225 e. The molecule has 0 N–H and O–H groups in total. The minimum Gasteiger partial charge on any atom is -0.375 e. The average Bonchev–Trinajstić information content (AvgIpc) is 3.01. The molecule has 0 aliphatic carbocycles. The van der Waals surface area contributed by atoms with Gasteiger partial charge < -0.3 is 14.4 Å². The van der Waals surface area contributed by atoms with E-state index in [0.29, 0.717) is 12.5 Å². The van der Waals surface area contributed by atoms with Crippen LogP contribution < -0.4 is 0 Å². The van der Waals surface area contributed by atoms with Gasteiger partial charge in [-0.15, -0.1) is 0 Å². The van der Waals surface area contributed by atoms with Crippen molar-refractivity contribution < 1.29 is 14.3 Å². The Balaban J connectivity index is 1.45. The molecule has 5 heteroatoms. The second-order valence-corrected chi connectivity index (χ2v) is 7.54. The molecule has 1 aromatic rings. The van der Waals surface area contributed by atoms with Crippen LogP contribution in [0.15, 0.2) is 24.4 Å². The SMILES string of the molecule is CC(C)C(=O)N1CCC2(CC1)OCC[C@H]2CCOCc1ccccn1. The molecule has 1 aromatic heterocycles. The van der Waals surface area contributed by atoms with Crippen molar-refractivity contribution in [2.24, 2.45) is 11.8 Å². The molecule has 0 bridgehead atoms. The van der Waals surface area contributed by atoms with Crippen LogP contribution in [-0.2, 0) is 20.9 Å². The summed E-state index contributed by atoms with van der Waals surface area (Å²) < 4.78 is 12.0. The molecule has 25 heavy (non-hydrogen) atoms. The number of amides is 1. The Kier molecular flexibility index (Phi) is 6.07. The molecule has 1 atom stereocenters. The summed E-state index contributed by atoms with van der Waals surface area (Å²) in [6.07, 6.45) is 5.83. The Bertz CT molecular complexity index is 553. The fourth-order valence-electron chi connectivity index (χ4n) is 4.10. The van der Waals surface area contributed by atoms with Gasteiger partial charge in [0.25, 0.3) is 0 Å². The zero-order valence-electron chi connectivity index (χ0n) is 15.4. The van der Waals surface area contributed by atoms with Gasteiger partial charge in [-0.05, 0) is 43.7 Å². The first-order chi connectivity index (χ1) is 12.1. The molecule has 138 valence electrons. The zero-order valence-corrected chi connectivity index (χ0v) is 15.4. The van der Waals surface area contributed by atoms with Gasteiger partial charge in [-0.1, -0.05) is 19.9 Å². The number of likely N-dealkylation sites (tertiary alicyclic amines) is 1. The number of rotatable bonds is 6. The van der Waals surface area contributed by atoms with Gasteiger partial charge in [0.05, 0.1) is 17.9 Å². The van der Waals surface area contributed by atoms with Gasteiger partial charge in [0.15, 0.2) is 0 Å². The first kappa shape index (κ1) is 18.3. The number of hydrogen-bond donors (Lipinski definition) is 0. The third-order valence-corrected chi connectivity index (χ3v) is 5.60. The Morgan fingerprint density at radius 3 is 2.88 bits per heavy atom. The van der Waals surface area contributed by atoms with Crippen molar-refractivity contribution in [1.82, 2.24) is 9.88 Å². The fraction of sp³-hybridized carbons (Fsp3) is 0.700. The number of pyridine rings is 1. The largest absolute Gasteiger partial charge is 0.375 e. The Labute approximate surface area is 150 Å². The number of hydrogen-bond acceptors (Lipinski definition) is 4. The summed E-state index contributed by atoms with van der Waals surface area (Å²) in [6.45, 7) is 7.73. The minimum absolute atomic E-state index is 0.0396. The van der Waals surface area contributed by atoms with E-state index in [2.05, 4.69) is 4.98 Å². The van der Waals surface area contributed by atoms with Crippen molar-refractivity contribution in [3.05, 3.63) is 30.1 Å². The van der Waals surface area contributed by atoms with E-state index in [4.69, 9.17) is 9.47 Å². The Hall–Kier alpha value is -1.46. The van der Waals surface area contributed by atoms with Crippen molar-refractivity contribution in [2.75, 3.05) is 26.3 Å². The Morgan fingerprint density at radius 2 is 2.20 bits per heavy atom. The average molecular weight is 346 g/mol. The van der Waals surface area contributed by atoms with Crippen LogP contribution in [0.5, 0.6) is 0 Å². The lowest BCUT2D eigenvalue weighted by Crippen LogP contribution is -2.50.